The Labute approximate surface area is 121 Å². The van der Waals surface area contributed by atoms with Crippen molar-refractivity contribution in [3.63, 3.8) is 0 Å². The van der Waals surface area contributed by atoms with Crippen molar-refractivity contribution in [3.05, 3.63) is 35.4 Å². The minimum Gasteiger partial charge on any atom is -0.352 e. The molecule has 4 heteroatoms. The van der Waals surface area contributed by atoms with Gasteiger partial charge in [-0.1, -0.05) is 42.7 Å². The van der Waals surface area contributed by atoms with Gasteiger partial charge in [-0.3, -0.25) is 4.79 Å². The minimum absolute atomic E-state index is 0. The molecule has 0 atom stereocenters. The number of nitrogens with one attached hydrogen (secondary N) is 1. The fourth-order valence-corrected chi connectivity index (χ4v) is 2.65. The van der Waals surface area contributed by atoms with Gasteiger partial charge < -0.3 is 11.1 Å². The van der Waals surface area contributed by atoms with Crippen LogP contribution in [0.5, 0.6) is 0 Å². The Kier molecular flexibility index (Phi) is 5.83. The maximum Gasteiger partial charge on any atom is 0.227 e. The van der Waals surface area contributed by atoms with Crippen molar-refractivity contribution in [1.82, 2.24) is 5.32 Å². The molecule has 1 amide bonds. The summed E-state index contributed by atoms with van der Waals surface area (Å²) < 4.78 is 0. The smallest absolute Gasteiger partial charge is 0.227 e. The van der Waals surface area contributed by atoms with E-state index in [1.54, 1.807) is 0 Å². The van der Waals surface area contributed by atoms with Crippen molar-refractivity contribution in [2.75, 3.05) is 6.54 Å². The second kappa shape index (κ2) is 6.92. The number of halogens is 1. The highest BCUT2D eigenvalue weighted by Gasteiger charge is 2.39. The molecule has 0 unspecified atom stereocenters. The molecule has 1 aliphatic carbocycles. The number of aryl methyl sites for hydroxylation is 1. The number of hydrogen-bond acceptors (Lipinski definition) is 2. The average molecular weight is 283 g/mol. The molecule has 0 aliphatic heterocycles. The fourth-order valence-electron chi connectivity index (χ4n) is 2.65. The van der Waals surface area contributed by atoms with E-state index in [2.05, 4.69) is 36.5 Å². The number of amides is 1. The van der Waals surface area contributed by atoms with E-state index in [-0.39, 0.29) is 23.7 Å². The van der Waals surface area contributed by atoms with Crippen molar-refractivity contribution >= 4 is 18.3 Å². The lowest BCUT2D eigenvalue weighted by molar-refractivity contribution is -0.130. The molecule has 0 radical (unpaired) electrons. The molecule has 19 heavy (non-hydrogen) atoms. The molecule has 106 valence electrons. The number of nitrogens with two attached hydrogens (primary N) is 1. The Hall–Kier alpha value is -1.06. The lowest BCUT2D eigenvalue weighted by Crippen LogP contribution is -2.43. The molecule has 0 aromatic heterocycles. The van der Waals surface area contributed by atoms with E-state index in [9.17, 15) is 4.79 Å². The summed E-state index contributed by atoms with van der Waals surface area (Å²) in [7, 11) is 0. The van der Waals surface area contributed by atoms with Gasteiger partial charge in [-0.05, 0) is 25.3 Å². The van der Waals surface area contributed by atoms with Gasteiger partial charge in [0, 0.05) is 13.1 Å². The van der Waals surface area contributed by atoms with Crippen molar-refractivity contribution < 1.29 is 4.79 Å². The molecule has 2 rings (SSSR count). The van der Waals surface area contributed by atoms with Crippen molar-refractivity contribution in [2.45, 2.75) is 39.2 Å². The van der Waals surface area contributed by atoms with Crippen LogP contribution in [-0.2, 0) is 11.3 Å². The summed E-state index contributed by atoms with van der Waals surface area (Å²) in [6, 6.07) is 8.24. The zero-order chi connectivity index (χ0) is 13.0. The van der Waals surface area contributed by atoms with Crippen LogP contribution in [0.2, 0.25) is 0 Å². The van der Waals surface area contributed by atoms with Gasteiger partial charge >= 0.3 is 0 Å². The Morgan fingerprint density at radius 1 is 1.26 bits per heavy atom. The molecule has 0 bridgehead atoms. The zero-order valence-electron chi connectivity index (χ0n) is 11.4. The van der Waals surface area contributed by atoms with Gasteiger partial charge in [0.1, 0.15) is 0 Å². The minimum atomic E-state index is -0.301. The summed E-state index contributed by atoms with van der Waals surface area (Å²) in [6.07, 6.45) is 4.11. The van der Waals surface area contributed by atoms with Gasteiger partial charge in [0.25, 0.3) is 0 Å². The highest BCUT2D eigenvalue weighted by Crippen LogP contribution is 2.37. The third-order valence-corrected chi connectivity index (χ3v) is 4.01. The van der Waals surface area contributed by atoms with Gasteiger partial charge in [0.2, 0.25) is 5.91 Å². The monoisotopic (exact) mass is 282 g/mol. The molecule has 0 saturated heterocycles. The second-order valence-electron chi connectivity index (χ2n) is 5.36. The van der Waals surface area contributed by atoms with Crippen molar-refractivity contribution in [3.8, 4) is 0 Å². The highest BCUT2D eigenvalue weighted by molar-refractivity contribution is 5.85. The fraction of sp³-hybridized carbons (Fsp3) is 0.533. The summed E-state index contributed by atoms with van der Waals surface area (Å²) in [6.45, 7) is 3.12. The van der Waals surface area contributed by atoms with E-state index in [1.807, 2.05) is 0 Å². The predicted molar refractivity (Wildman–Crippen MR) is 80.2 cm³/mol. The van der Waals surface area contributed by atoms with Crippen LogP contribution in [0.1, 0.15) is 36.8 Å². The number of carbonyl (C=O) groups excluding carboxylic acids is 1. The van der Waals surface area contributed by atoms with Gasteiger partial charge in [-0.2, -0.15) is 0 Å². The van der Waals surface area contributed by atoms with E-state index in [1.165, 1.54) is 5.56 Å². The molecular weight excluding hydrogens is 260 g/mol. The third kappa shape index (κ3) is 3.71. The van der Waals surface area contributed by atoms with E-state index in [0.29, 0.717) is 13.1 Å². The van der Waals surface area contributed by atoms with Gasteiger partial charge in [-0.25, -0.2) is 0 Å². The first-order valence-electron chi connectivity index (χ1n) is 6.70. The van der Waals surface area contributed by atoms with Crippen LogP contribution < -0.4 is 11.1 Å². The second-order valence-corrected chi connectivity index (χ2v) is 5.36. The van der Waals surface area contributed by atoms with Crippen molar-refractivity contribution in [2.24, 2.45) is 11.1 Å². The number of benzene rings is 1. The highest BCUT2D eigenvalue weighted by atomic mass is 35.5. The number of carbonyl (C=O) groups is 1. The normalized spacial score (nSPS) is 16.7. The summed E-state index contributed by atoms with van der Waals surface area (Å²) >= 11 is 0. The molecule has 1 saturated carbocycles. The maximum absolute atomic E-state index is 12.2. The van der Waals surface area contributed by atoms with Crippen LogP contribution in [0.3, 0.4) is 0 Å². The molecular formula is C15H23ClN2O. The van der Waals surface area contributed by atoms with E-state index < -0.39 is 0 Å². The maximum atomic E-state index is 12.2. The van der Waals surface area contributed by atoms with E-state index in [4.69, 9.17) is 5.73 Å². The van der Waals surface area contributed by atoms with Crippen molar-refractivity contribution in [1.29, 1.82) is 0 Å². The van der Waals surface area contributed by atoms with Crippen LogP contribution in [0.25, 0.3) is 0 Å². The van der Waals surface area contributed by atoms with E-state index in [0.717, 1.165) is 31.2 Å². The Bertz CT molecular complexity index is 411. The van der Waals surface area contributed by atoms with E-state index >= 15 is 0 Å². The first kappa shape index (κ1) is 16.0. The summed E-state index contributed by atoms with van der Waals surface area (Å²) in [5, 5.41) is 3.03. The predicted octanol–water partition coefficient (Wildman–Crippen LogP) is 2.55. The summed E-state index contributed by atoms with van der Waals surface area (Å²) in [5.74, 6) is 0.128. The largest absolute Gasteiger partial charge is 0.352 e. The standard InChI is InChI=1S/C15H22N2O.ClH/c1-12-4-6-13(7-5-12)10-17-14(18)15(11-16)8-2-3-9-15;/h4-7H,2-3,8-11,16H2,1H3,(H,17,18);1H. The van der Waals surface area contributed by atoms with Gasteiger partial charge in [0.05, 0.1) is 5.41 Å². The topological polar surface area (TPSA) is 55.1 Å². The summed E-state index contributed by atoms with van der Waals surface area (Å²) in [5.41, 5.74) is 7.87. The van der Waals surface area contributed by atoms with Crippen LogP contribution in [0.15, 0.2) is 24.3 Å². The van der Waals surface area contributed by atoms with Gasteiger partial charge in [-0.15, -0.1) is 12.4 Å². The molecule has 0 heterocycles. The van der Waals surface area contributed by atoms with Crippen LogP contribution in [0.4, 0.5) is 0 Å². The lowest BCUT2D eigenvalue weighted by atomic mass is 9.85. The molecule has 3 nitrogen and oxygen atoms in total. The average Bonchev–Trinajstić information content (AvgIpc) is 2.88. The number of hydrogen-bond donors (Lipinski definition) is 2. The first-order valence-corrected chi connectivity index (χ1v) is 6.70. The molecule has 3 N–H and O–H groups in total. The Morgan fingerprint density at radius 3 is 2.37 bits per heavy atom. The molecule has 1 fully saturated rings. The molecule has 1 aliphatic rings. The quantitative estimate of drug-likeness (QED) is 0.892. The zero-order valence-corrected chi connectivity index (χ0v) is 12.3. The van der Waals surface area contributed by atoms with Crippen LogP contribution >= 0.6 is 12.4 Å². The molecule has 1 aromatic rings. The Balaban J connectivity index is 0.00000180. The summed E-state index contributed by atoms with van der Waals surface area (Å²) in [4.78, 5) is 12.2. The Morgan fingerprint density at radius 2 is 1.84 bits per heavy atom. The first-order chi connectivity index (χ1) is 8.66. The van der Waals surface area contributed by atoms with Crippen LogP contribution in [0, 0.1) is 12.3 Å². The molecule has 0 spiro atoms. The SMILES string of the molecule is Cc1ccc(CNC(=O)C2(CN)CCCC2)cc1.Cl. The number of rotatable bonds is 4. The lowest BCUT2D eigenvalue weighted by Gasteiger charge is -2.25. The third-order valence-electron chi connectivity index (χ3n) is 4.01. The molecule has 1 aromatic carbocycles. The van der Waals surface area contributed by atoms with Gasteiger partial charge in [0.15, 0.2) is 0 Å². The van der Waals surface area contributed by atoms with Crippen LogP contribution in [-0.4, -0.2) is 12.5 Å².